The summed E-state index contributed by atoms with van der Waals surface area (Å²) in [6.07, 6.45) is 4.69. The Morgan fingerprint density at radius 2 is 1.76 bits per heavy atom. The number of H-pyrrole nitrogens is 1. The quantitative estimate of drug-likeness (QED) is 0.450. The van der Waals surface area contributed by atoms with Crippen LogP contribution in [-0.2, 0) is 5.75 Å². The van der Waals surface area contributed by atoms with E-state index in [0.717, 1.165) is 16.5 Å². The second-order valence-corrected chi connectivity index (χ2v) is 6.85. The third-order valence-corrected chi connectivity index (χ3v) is 4.80. The van der Waals surface area contributed by atoms with E-state index in [1.165, 1.54) is 6.33 Å². The first-order valence-electron chi connectivity index (χ1n) is 8.70. The molecule has 0 spiro atoms. The first-order chi connectivity index (χ1) is 14.3. The zero-order valence-corrected chi connectivity index (χ0v) is 16.0. The number of anilines is 1. The minimum atomic E-state index is -0.181. The molecule has 144 valence electrons. The molecule has 0 saturated heterocycles. The Bertz CT molecular complexity index is 1050. The average molecular weight is 404 g/mol. The smallest absolute Gasteiger partial charge is 0.321 e. The number of hydrogen-bond donors (Lipinski definition) is 2. The fourth-order valence-corrected chi connectivity index (χ4v) is 3.16. The van der Waals surface area contributed by atoms with Crippen molar-refractivity contribution < 1.29 is 9.53 Å². The lowest BCUT2D eigenvalue weighted by Gasteiger charge is -2.08. The lowest BCUT2D eigenvalue weighted by atomic mass is 10.1. The lowest BCUT2D eigenvalue weighted by Crippen LogP contribution is -2.11. The molecule has 4 aromatic rings. The van der Waals surface area contributed by atoms with Gasteiger partial charge in [-0.15, -0.1) is 0 Å². The maximum absolute atomic E-state index is 12.5. The summed E-state index contributed by atoms with van der Waals surface area (Å²) in [6, 6.07) is 16.5. The number of ether oxygens (including phenoxy) is 1. The van der Waals surface area contributed by atoms with Crippen LogP contribution in [0.2, 0.25) is 0 Å². The summed E-state index contributed by atoms with van der Waals surface area (Å²) < 4.78 is 5.54. The number of nitrogens with one attached hydrogen (secondary N) is 2. The van der Waals surface area contributed by atoms with Crippen LogP contribution in [0.4, 0.5) is 5.69 Å². The number of hydrogen-bond acceptors (Lipinski definition) is 7. The Hall–Kier alpha value is -3.72. The van der Waals surface area contributed by atoms with Crippen molar-refractivity contribution in [1.29, 1.82) is 0 Å². The Labute approximate surface area is 170 Å². The largest absolute Gasteiger partial charge is 0.424 e. The van der Waals surface area contributed by atoms with Crippen molar-refractivity contribution in [2.24, 2.45) is 0 Å². The minimum absolute atomic E-state index is 0.181. The van der Waals surface area contributed by atoms with Crippen molar-refractivity contribution in [3.05, 3.63) is 84.4 Å². The van der Waals surface area contributed by atoms with Crippen LogP contribution in [0.1, 0.15) is 15.9 Å². The van der Waals surface area contributed by atoms with Crippen LogP contribution in [0.3, 0.4) is 0 Å². The molecular formula is C20H16N6O2S. The maximum Gasteiger partial charge on any atom is 0.321 e. The van der Waals surface area contributed by atoms with E-state index >= 15 is 0 Å². The summed E-state index contributed by atoms with van der Waals surface area (Å²) in [7, 11) is 0. The number of thioether (sulfide) groups is 1. The van der Waals surface area contributed by atoms with Crippen molar-refractivity contribution in [1.82, 2.24) is 25.1 Å². The lowest BCUT2D eigenvalue weighted by molar-refractivity contribution is 0.102. The van der Waals surface area contributed by atoms with Gasteiger partial charge in [-0.1, -0.05) is 23.9 Å². The van der Waals surface area contributed by atoms with Crippen LogP contribution in [-0.4, -0.2) is 31.1 Å². The highest BCUT2D eigenvalue weighted by Gasteiger charge is 2.07. The molecule has 4 rings (SSSR count). The first kappa shape index (κ1) is 18.6. The second-order valence-electron chi connectivity index (χ2n) is 5.89. The molecule has 2 aromatic heterocycles. The number of aromatic nitrogens is 5. The molecule has 1 amide bonds. The van der Waals surface area contributed by atoms with Crippen LogP contribution < -0.4 is 10.1 Å². The van der Waals surface area contributed by atoms with Gasteiger partial charge in [0.1, 0.15) is 12.1 Å². The number of nitrogens with zero attached hydrogens (tertiary/aromatic N) is 4. The molecule has 0 aliphatic heterocycles. The third kappa shape index (κ3) is 5.17. The number of carbonyl (C=O) groups is 1. The highest BCUT2D eigenvalue weighted by Crippen LogP contribution is 2.21. The molecule has 2 N–H and O–H groups in total. The zero-order chi connectivity index (χ0) is 19.9. The van der Waals surface area contributed by atoms with Gasteiger partial charge in [-0.05, 0) is 48.0 Å². The van der Waals surface area contributed by atoms with E-state index < -0.39 is 0 Å². The molecule has 8 nitrogen and oxygen atoms in total. The molecule has 29 heavy (non-hydrogen) atoms. The molecular weight excluding hydrogens is 388 g/mol. The standard InChI is InChI=1S/C20H16N6O2S/c27-18(15-4-2-14(3-5-15)12-29-20-23-13-24-26-20)25-16-6-8-17(9-7-16)28-19-21-10-1-11-22-19/h1-11,13H,12H2,(H,25,27)(H,23,24,26). The van der Waals surface area contributed by atoms with E-state index in [1.54, 1.807) is 66.6 Å². The molecule has 0 unspecified atom stereocenters. The van der Waals surface area contributed by atoms with Gasteiger partial charge in [0.2, 0.25) is 0 Å². The summed E-state index contributed by atoms with van der Waals surface area (Å²) in [5, 5.41) is 10.2. The normalized spacial score (nSPS) is 10.5. The molecule has 0 radical (unpaired) electrons. The van der Waals surface area contributed by atoms with Crippen LogP contribution >= 0.6 is 11.8 Å². The molecule has 0 saturated carbocycles. The summed E-state index contributed by atoms with van der Waals surface area (Å²) >= 11 is 1.55. The van der Waals surface area contributed by atoms with Gasteiger partial charge in [0, 0.05) is 29.4 Å². The highest BCUT2D eigenvalue weighted by atomic mass is 32.2. The van der Waals surface area contributed by atoms with Crippen molar-refractivity contribution in [3.8, 4) is 11.8 Å². The topological polar surface area (TPSA) is 106 Å². The number of aromatic amines is 1. The minimum Gasteiger partial charge on any atom is -0.424 e. The second kappa shape index (κ2) is 8.98. The van der Waals surface area contributed by atoms with Gasteiger partial charge in [-0.2, -0.15) is 5.10 Å². The fourth-order valence-electron chi connectivity index (χ4n) is 2.42. The molecule has 0 bridgehead atoms. The molecule has 9 heteroatoms. The van der Waals surface area contributed by atoms with E-state index in [2.05, 4.69) is 30.5 Å². The van der Waals surface area contributed by atoms with Gasteiger partial charge in [0.05, 0.1) is 0 Å². The maximum atomic E-state index is 12.5. The summed E-state index contributed by atoms with van der Waals surface area (Å²) in [5.74, 6) is 1.14. The van der Waals surface area contributed by atoms with Crippen LogP contribution in [0.25, 0.3) is 0 Å². The molecule has 0 atom stereocenters. The van der Waals surface area contributed by atoms with Gasteiger partial charge in [0.25, 0.3) is 5.91 Å². The van der Waals surface area contributed by atoms with E-state index in [1.807, 2.05) is 12.1 Å². The molecule has 2 aromatic carbocycles. The van der Waals surface area contributed by atoms with Gasteiger partial charge >= 0.3 is 6.01 Å². The Morgan fingerprint density at radius 1 is 1.00 bits per heavy atom. The predicted molar refractivity (Wildman–Crippen MR) is 109 cm³/mol. The van der Waals surface area contributed by atoms with Gasteiger partial charge in [0.15, 0.2) is 5.16 Å². The average Bonchev–Trinajstić information content (AvgIpc) is 3.28. The van der Waals surface area contributed by atoms with E-state index in [0.29, 0.717) is 17.0 Å². The van der Waals surface area contributed by atoms with Crippen molar-refractivity contribution >= 4 is 23.4 Å². The van der Waals surface area contributed by atoms with Crippen molar-refractivity contribution in [2.75, 3.05) is 5.32 Å². The van der Waals surface area contributed by atoms with Gasteiger partial charge < -0.3 is 10.1 Å². The molecule has 2 heterocycles. The zero-order valence-electron chi connectivity index (χ0n) is 15.1. The first-order valence-corrected chi connectivity index (χ1v) is 9.68. The van der Waals surface area contributed by atoms with E-state index in [4.69, 9.17) is 4.74 Å². The summed E-state index contributed by atoms with van der Waals surface area (Å²) in [6.45, 7) is 0. The van der Waals surface area contributed by atoms with Gasteiger partial charge in [-0.3, -0.25) is 9.89 Å². The Morgan fingerprint density at radius 3 is 2.45 bits per heavy atom. The monoisotopic (exact) mass is 404 g/mol. The SMILES string of the molecule is O=C(Nc1ccc(Oc2ncccn2)cc1)c1ccc(CSc2ncn[nH]2)cc1. The molecule has 0 aliphatic carbocycles. The van der Waals surface area contributed by atoms with Crippen LogP contribution in [0, 0.1) is 0 Å². The van der Waals surface area contributed by atoms with Crippen molar-refractivity contribution in [2.45, 2.75) is 10.9 Å². The van der Waals surface area contributed by atoms with Crippen LogP contribution in [0.5, 0.6) is 11.8 Å². The third-order valence-electron chi connectivity index (χ3n) is 3.85. The predicted octanol–water partition coefficient (Wildman–Crippen LogP) is 3.93. The molecule has 0 fully saturated rings. The fraction of sp³-hybridized carbons (Fsp3) is 0.0500. The number of benzene rings is 2. The van der Waals surface area contributed by atoms with Crippen LogP contribution in [0.15, 0.2) is 78.5 Å². The number of amides is 1. The van der Waals surface area contributed by atoms with E-state index in [9.17, 15) is 4.79 Å². The summed E-state index contributed by atoms with van der Waals surface area (Å²) in [5.41, 5.74) is 2.34. The van der Waals surface area contributed by atoms with E-state index in [-0.39, 0.29) is 11.9 Å². The number of carbonyl (C=O) groups excluding carboxylic acids is 1. The van der Waals surface area contributed by atoms with Gasteiger partial charge in [-0.25, -0.2) is 15.0 Å². The Balaban J connectivity index is 1.32. The molecule has 0 aliphatic rings. The van der Waals surface area contributed by atoms with Crippen molar-refractivity contribution in [3.63, 3.8) is 0 Å². The number of rotatable bonds is 7. The highest BCUT2D eigenvalue weighted by molar-refractivity contribution is 7.98. The summed E-state index contributed by atoms with van der Waals surface area (Å²) in [4.78, 5) is 24.5. The Kier molecular flexibility index (Phi) is 5.77.